The van der Waals surface area contributed by atoms with Crippen molar-refractivity contribution in [2.45, 2.75) is 6.10 Å². The maximum Gasteiger partial charge on any atom is 0.106 e. The summed E-state index contributed by atoms with van der Waals surface area (Å²) in [5, 5.41) is 17.7. The zero-order valence-corrected chi connectivity index (χ0v) is 13.3. The first-order chi connectivity index (χ1) is 5.88. The molecule has 0 aliphatic carbocycles. The van der Waals surface area contributed by atoms with E-state index < -0.39 is 6.10 Å². The molecule has 0 spiro atoms. The molecule has 2 aromatic heterocycles. The van der Waals surface area contributed by atoms with E-state index in [4.69, 9.17) is 0 Å². The summed E-state index contributed by atoms with van der Waals surface area (Å²) in [5.74, 6) is 0. The first-order valence-electron chi connectivity index (χ1n) is 3.60. The van der Waals surface area contributed by atoms with Gasteiger partial charge in [-0.3, -0.25) is 0 Å². The van der Waals surface area contributed by atoms with Crippen LogP contribution >= 0.6 is 22.7 Å². The van der Waals surface area contributed by atoms with Crippen LogP contribution in [0.15, 0.2) is 33.7 Å². The molecule has 2 rings (SSSR count). The van der Waals surface area contributed by atoms with Gasteiger partial charge in [-0.1, -0.05) is 0 Å². The number of hydrogen-bond donors (Lipinski definition) is 1. The van der Waals surface area contributed by atoms with Crippen molar-refractivity contribution < 1.29 is 49.2 Å². The van der Waals surface area contributed by atoms with E-state index in [1.54, 1.807) is 22.7 Å². The van der Waals surface area contributed by atoms with Crippen LogP contribution in [0.4, 0.5) is 0 Å². The van der Waals surface area contributed by atoms with Gasteiger partial charge in [0.25, 0.3) is 0 Å². The minimum Gasteiger partial charge on any atom is -0.384 e. The van der Waals surface area contributed by atoms with E-state index in [1.807, 2.05) is 33.7 Å². The van der Waals surface area contributed by atoms with Gasteiger partial charge in [0.1, 0.15) is 6.10 Å². The van der Waals surface area contributed by atoms with Crippen LogP contribution in [0.5, 0.6) is 0 Å². The van der Waals surface area contributed by atoms with Crippen LogP contribution in [0.25, 0.3) is 0 Å². The molecule has 0 fully saturated rings. The smallest absolute Gasteiger partial charge is 0.106 e. The van der Waals surface area contributed by atoms with Gasteiger partial charge < -0.3 is 5.11 Å². The summed E-state index contributed by atoms with van der Waals surface area (Å²) in [6.07, 6.45) is -0.442. The van der Waals surface area contributed by atoms with E-state index in [0.29, 0.717) is 0 Å². The molecule has 0 atom stereocenters. The van der Waals surface area contributed by atoms with Crippen molar-refractivity contribution in [3.8, 4) is 0 Å². The largest absolute Gasteiger partial charge is 0.384 e. The molecule has 0 saturated carbocycles. The monoisotopic (exact) mass is 423 g/mol. The van der Waals surface area contributed by atoms with Crippen LogP contribution in [0.1, 0.15) is 17.2 Å². The number of thiophene rings is 2. The Morgan fingerprint density at radius 3 is 1.77 bits per heavy atom. The Kier molecular flexibility index (Phi) is 5.14. The molecule has 1 N–H and O–H groups in total. The zero-order valence-electron chi connectivity index (χ0n) is 6.88. The summed E-state index contributed by atoms with van der Waals surface area (Å²) in [4.78, 5) is 0. The third-order valence-corrected chi connectivity index (χ3v) is 3.12. The Morgan fingerprint density at radius 1 is 1.00 bits per heavy atom. The van der Waals surface area contributed by atoms with E-state index in [2.05, 4.69) is 0 Å². The maximum absolute atomic E-state index is 9.78. The minimum atomic E-state index is -0.442. The van der Waals surface area contributed by atoms with Gasteiger partial charge in [0.15, 0.2) is 0 Å². The van der Waals surface area contributed by atoms with Crippen LogP contribution in [-0.4, -0.2) is 5.11 Å². The second kappa shape index (κ2) is 5.63. The fourth-order valence-corrected chi connectivity index (χ4v) is 2.41. The predicted molar refractivity (Wildman–Crippen MR) is 52.7 cm³/mol. The Labute approximate surface area is 121 Å². The molecule has 1 radical (unpaired) electrons. The summed E-state index contributed by atoms with van der Waals surface area (Å²) in [5.41, 5.74) is 1.97. The van der Waals surface area contributed by atoms with Gasteiger partial charge in [-0.2, -0.15) is 22.7 Å². The molecule has 0 bridgehead atoms. The Morgan fingerprint density at radius 2 is 1.46 bits per heavy atom. The second-order valence-corrected chi connectivity index (χ2v) is 4.08. The molecule has 2 aromatic rings. The molecule has 0 amide bonds. The molecule has 2 heterocycles. The topological polar surface area (TPSA) is 20.2 Å². The number of aliphatic hydroxyl groups excluding tert-OH is 1. The van der Waals surface area contributed by atoms with Crippen molar-refractivity contribution in [1.29, 1.82) is 0 Å². The van der Waals surface area contributed by atoms with E-state index >= 15 is 0 Å². The molecule has 65 valence electrons. The standard InChI is InChI=1S/C9H8OS2.Ac/c10-9(7-1-3-11-5-7)8-2-4-12-6-8;/h1-6,9-10H;. The number of rotatable bonds is 2. The number of hydrogen-bond acceptors (Lipinski definition) is 3. The Bertz CT molecular complexity index is 294. The summed E-state index contributed by atoms with van der Waals surface area (Å²) in [7, 11) is 0. The quantitative estimate of drug-likeness (QED) is 0.788. The summed E-state index contributed by atoms with van der Waals surface area (Å²) in [6, 6.07) is 3.90. The molecular weight excluding hydrogens is 415 g/mol. The van der Waals surface area contributed by atoms with Crippen molar-refractivity contribution in [3.63, 3.8) is 0 Å². The molecule has 13 heavy (non-hydrogen) atoms. The van der Waals surface area contributed by atoms with Crippen LogP contribution in [0.3, 0.4) is 0 Å². The summed E-state index contributed by atoms with van der Waals surface area (Å²) >= 11 is 3.22. The molecule has 0 aliphatic heterocycles. The van der Waals surface area contributed by atoms with Gasteiger partial charge in [-0.05, 0) is 44.8 Å². The molecule has 4 heteroatoms. The van der Waals surface area contributed by atoms with Gasteiger partial charge in [-0.15, -0.1) is 0 Å². The first-order valence-corrected chi connectivity index (χ1v) is 5.49. The van der Waals surface area contributed by atoms with Gasteiger partial charge in [0, 0.05) is 44.1 Å². The molecule has 0 aromatic carbocycles. The average molecular weight is 423 g/mol. The summed E-state index contributed by atoms with van der Waals surface area (Å²) in [6.45, 7) is 0. The Balaban J connectivity index is 0.000000845. The average Bonchev–Trinajstić information content (AvgIpc) is 2.77. The summed E-state index contributed by atoms with van der Waals surface area (Å²) < 4.78 is 0. The second-order valence-electron chi connectivity index (χ2n) is 2.52. The van der Waals surface area contributed by atoms with Crippen LogP contribution in [-0.2, 0) is 0 Å². The van der Waals surface area contributed by atoms with Crippen LogP contribution < -0.4 is 0 Å². The first kappa shape index (κ1) is 11.9. The van der Waals surface area contributed by atoms with E-state index in [-0.39, 0.29) is 44.1 Å². The minimum absolute atomic E-state index is 0. The van der Waals surface area contributed by atoms with Gasteiger partial charge >= 0.3 is 0 Å². The van der Waals surface area contributed by atoms with Gasteiger partial charge in [-0.25, -0.2) is 0 Å². The SMILES string of the molecule is OC(c1ccsc1)c1ccsc1.[Ac]. The van der Waals surface area contributed by atoms with Crippen LogP contribution in [0, 0.1) is 44.1 Å². The van der Waals surface area contributed by atoms with Crippen molar-refractivity contribution in [2.75, 3.05) is 0 Å². The zero-order chi connectivity index (χ0) is 8.39. The van der Waals surface area contributed by atoms with Gasteiger partial charge in [0.05, 0.1) is 0 Å². The third kappa shape index (κ3) is 2.87. The van der Waals surface area contributed by atoms with E-state index in [1.165, 1.54) is 0 Å². The fourth-order valence-electron chi connectivity index (χ4n) is 1.05. The molecule has 0 unspecified atom stereocenters. The number of aliphatic hydroxyl groups is 1. The van der Waals surface area contributed by atoms with E-state index in [0.717, 1.165) is 11.1 Å². The molecular formula is C9H8AcOS2. The van der Waals surface area contributed by atoms with Crippen molar-refractivity contribution in [1.82, 2.24) is 0 Å². The predicted octanol–water partition coefficient (Wildman–Crippen LogP) is 2.89. The molecule has 0 aliphatic rings. The van der Waals surface area contributed by atoms with E-state index in [9.17, 15) is 5.11 Å². The van der Waals surface area contributed by atoms with Crippen LogP contribution in [0.2, 0.25) is 0 Å². The van der Waals surface area contributed by atoms with Crippen molar-refractivity contribution in [3.05, 3.63) is 44.8 Å². The van der Waals surface area contributed by atoms with Gasteiger partial charge in [0.2, 0.25) is 0 Å². The molecule has 0 saturated heterocycles. The van der Waals surface area contributed by atoms with Crippen molar-refractivity contribution in [2.24, 2.45) is 0 Å². The van der Waals surface area contributed by atoms with Crippen molar-refractivity contribution >= 4 is 22.7 Å². The molecule has 1 nitrogen and oxygen atoms in total. The Hall–Kier alpha value is 0.802. The fraction of sp³-hybridized carbons (Fsp3) is 0.111. The maximum atomic E-state index is 9.78. The third-order valence-electron chi connectivity index (χ3n) is 1.72. The normalized spacial score (nSPS) is 10.0.